The van der Waals surface area contributed by atoms with E-state index in [0.29, 0.717) is 24.0 Å². The van der Waals surface area contributed by atoms with Gasteiger partial charge in [-0.15, -0.1) is 22.7 Å². The predicted octanol–water partition coefficient (Wildman–Crippen LogP) is 2.24. The number of nitrogens with zero attached hydrogens (tertiary/aromatic N) is 3. The first kappa shape index (κ1) is 20.8. The predicted molar refractivity (Wildman–Crippen MR) is 116 cm³/mol. The fraction of sp³-hybridized carbons (Fsp3) is 0.526. The van der Waals surface area contributed by atoms with Gasteiger partial charge in [0.25, 0.3) is 5.91 Å². The number of carbonyl (C=O) groups excluding carboxylic acids is 1. The van der Waals surface area contributed by atoms with Crippen LogP contribution >= 0.6 is 22.7 Å². The number of hydrogen-bond donors (Lipinski definition) is 3. The van der Waals surface area contributed by atoms with Gasteiger partial charge < -0.3 is 16.0 Å². The van der Waals surface area contributed by atoms with E-state index in [2.05, 4.69) is 48.3 Å². The molecule has 0 aliphatic carbocycles. The molecule has 1 aliphatic heterocycles. The third-order valence-electron chi connectivity index (χ3n) is 4.79. The lowest BCUT2D eigenvalue weighted by atomic mass is 10.2. The van der Waals surface area contributed by atoms with E-state index in [9.17, 15) is 4.79 Å². The van der Waals surface area contributed by atoms with Gasteiger partial charge in [0.2, 0.25) is 0 Å². The topological polar surface area (TPSA) is 81.6 Å². The Balaban J connectivity index is 1.43. The van der Waals surface area contributed by atoms with E-state index in [0.717, 1.165) is 31.3 Å². The first-order chi connectivity index (χ1) is 13.7. The lowest BCUT2D eigenvalue weighted by Gasteiger charge is -2.27. The summed E-state index contributed by atoms with van der Waals surface area (Å²) >= 11 is 3.17. The van der Waals surface area contributed by atoms with Crippen molar-refractivity contribution in [3.63, 3.8) is 0 Å². The van der Waals surface area contributed by atoms with E-state index in [1.807, 2.05) is 18.3 Å². The van der Waals surface area contributed by atoms with Crippen molar-refractivity contribution in [3.05, 3.63) is 38.5 Å². The van der Waals surface area contributed by atoms with Gasteiger partial charge in [-0.3, -0.25) is 14.7 Å². The number of thiophene rings is 1. The summed E-state index contributed by atoms with van der Waals surface area (Å²) in [6.07, 6.45) is 2.54. The van der Waals surface area contributed by atoms with Crippen molar-refractivity contribution in [1.82, 2.24) is 25.8 Å². The van der Waals surface area contributed by atoms with Crippen molar-refractivity contribution in [2.45, 2.75) is 25.8 Å². The number of hydrogen-bond acceptors (Lipinski definition) is 6. The molecule has 7 nitrogen and oxygen atoms in total. The number of amides is 1. The summed E-state index contributed by atoms with van der Waals surface area (Å²) in [7, 11) is 1.77. The second-order valence-corrected chi connectivity index (χ2v) is 8.51. The van der Waals surface area contributed by atoms with Crippen molar-refractivity contribution in [2.75, 3.05) is 39.8 Å². The average molecular weight is 421 g/mol. The maximum Gasteiger partial charge on any atom is 0.263 e. The fourth-order valence-corrected chi connectivity index (χ4v) is 4.89. The molecule has 1 unspecified atom stereocenters. The molecule has 1 aliphatic rings. The van der Waals surface area contributed by atoms with Crippen LogP contribution in [0.15, 0.2) is 28.0 Å². The van der Waals surface area contributed by atoms with Crippen LogP contribution in [0.25, 0.3) is 0 Å². The maximum absolute atomic E-state index is 12.1. The van der Waals surface area contributed by atoms with Crippen LogP contribution in [0.2, 0.25) is 0 Å². The number of rotatable bonds is 8. The van der Waals surface area contributed by atoms with Crippen LogP contribution in [-0.2, 0) is 0 Å². The zero-order valence-electron chi connectivity index (χ0n) is 16.4. The van der Waals surface area contributed by atoms with Crippen molar-refractivity contribution in [2.24, 2.45) is 4.99 Å². The molecule has 1 fully saturated rings. The Bertz CT molecular complexity index is 767. The Hall–Kier alpha value is -1.97. The highest BCUT2D eigenvalue weighted by molar-refractivity contribution is 7.11. The molecule has 1 saturated heterocycles. The monoisotopic (exact) mass is 420 g/mol. The molecule has 3 rings (SSSR count). The minimum atomic E-state index is -0.0726. The highest BCUT2D eigenvalue weighted by Gasteiger charge is 2.24. The van der Waals surface area contributed by atoms with Crippen LogP contribution in [0.1, 0.15) is 39.1 Å². The zero-order chi connectivity index (χ0) is 19.8. The van der Waals surface area contributed by atoms with E-state index in [1.54, 1.807) is 12.6 Å². The first-order valence-corrected chi connectivity index (χ1v) is 11.3. The van der Waals surface area contributed by atoms with Crippen LogP contribution < -0.4 is 16.0 Å². The van der Waals surface area contributed by atoms with Gasteiger partial charge in [0.05, 0.1) is 17.2 Å². The van der Waals surface area contributed by atoms with E-state index in [-0.39, 0.29) is 5.91 Å². The molecule has 3 N–H and O–H groups in total. The Kier molecular flexibility index (Phi) is 7.81. The van der Waals surface area contributed by atoms with Gasteiger partial charge in [0.15, 0.2) is 5.96 Å². The summed E-state index contributed by atoms with van der Waals surface area (Å²) in [5.74, 6) is 0.681. The Morgan fingerprint density at radius 2 is 2.04 bits per heavy atom. The molecule has 152 valence electrons. The molecule has 0 aromatic carbocycles. The molecule has 2 aromatic rings. The molecule has 1 amide bonds. The van der Waals surface area contributed by atoms with Gasteiger partial charge in [0.1, 0.15) is 4.88 Å². The number of aromatic nitrogens is 1. The second kappa shape index (κ2) is 10.5. The summed E-state index contributed by atoms with van der Waals surface area (Å²) in [6.45, 7) is 6.10. The number of aliphatic imine (C=N–C) groups is 1. The Morgan fingerprint density at radius 1 is 1.25 bits per heavy atom. The largest absolute Gasteiger partial charge is 0.355 e. The third-order valence-corrected chi connectivity index (χ3v) is 6.70. The zero-order valence-corrected chi connectivity index (χ0v) is 18.0. The van der Waals surface area contributed by atoms with Crippen molar-refractivity contribution < 1.29 is 4.79 Å². The molecule has 0 spiro atoms. The van der Waals surface area contributed by atoms with Gasteiger partial charge in [0, 0.05) is 31.6 Å². The number of aryl methyl sites for hydroxylation is 1. The summed E-state index contributed by atoms with van der Waals surface area (Å²) < 4.78 is 0. The van der Waals surface area contributed by atoms with E-state index in [4.69, 9.17) is 0 Å². The van der Waals surface area contributed by atoms with Crippen molar-refractivity contribution >= 4 is 34.5 Å². The molecule has 2 aromatic heterocycles. The highest BCUT2D eigenvalue weighted by atomic mass is 32.1. The molecule has 28 heavy (non-hydrogen) atoms. The van der Waals surface area contributed by atoms with Gasteiger partial charge in [-0.2, -0.15) is 0 Å². The molecule has 0 bridgehead atoms. The Labute approximate surface area is 174 Å². The van der Waals surface area contributed by atoms with E-state index in [1.165, 1.54) is 29.1 Å². The van der Waals surface area contributed by atoms with Crippen LogP contribution in [0, 0.1) is 6.92 Å². The third kappa shape index (κ3) is 5.52. The number of carbonyl (C=O) groups is 1. The molecule has 9 heteroatoms. The standard InChI is InChI=1S/C19H28N6OS2/c1-14-17(28-13-24-14)18(26)21-7-8-22-19(20-2)23-12-15(16-6-5-11-27-16)25-9-3-4-10-25/h5-6,11,13,15H,3-4,7-10,12H2,1-2H3,(H,21,26)(H2,20,22,23). The lowest BCUT2D eigenvalue weighted by molar-refractivity contribution is 0.0957. The number of guanidine groups is 1. The SMILES string of the molecule is CN=C(NCCNC(=O)c1scnc1C)NCC(c1cccs1)N1CCCC1. The number of thiazole rings is 1. The van der Waals surface area contributed by atoms with Gasteiger partial charge in [-0.05, 0) is 44.3 Å². The molecule has 0 radical (unpaired) electrons. The van der Waals surface area contributed by atoms with Gasteiger partial charge in [-0.25, -0.2) is 4.98 Å². The summed E-state index contributed by atoms with van der Waals surface area (Å²) in [5, 5.41) is 11.8. The smallest absolute Gasteiger partial charge is 0.263 e. The maximum atomic E-state index is 12.1. The molecule has 3 heterocycles. The van der Waals surface area contributed by atoms with E-state index >= 15 is 0 Å². The fourth-order valence-electron chi connectivity index (χ4n) is 3.31. The normalized spacial score (nSPS) is 16.1. The number of nitrogens with one attached hydrogen (secondary N) is 3. The van der Waals surface area contributed by atoms with Crippen LogP contribution in [-0.4, -0.2) is 61.5 Å². The van der Waals surface area contributed by atoms with Gasteiger partial charge in [-0.1, -0.05) is 6.07 Å². The van der Waals surface area contributed by atoms with Crippen molar-refractivity contribution in [1.29, 1.82) is 0 Å². The molecule has 0 saturated carbocycles. The molecular formula is C19H28N6OS2. The van der Waals surface area contributed by atoms with E-state index < -0.39 is 0 Å². The summed E-state index contributed by atoms with van der Waals surface area (Å²) in [6, 6.07) is 4.70. The summed E-state index contributed by atoms with van der Waals surface area (Å²) in [4.78, 5) is 25.1. The van der Waals surface area contributed by atoms with Gasteiger partial charge >= 0.3 is 0 Å². The van der Waals surface area contributed by atoms with Crippen LogP contribution in [0.5, 0.6) is 0 Å². The quantitative estimate of drug-likeness (QED) is 0.347. The van der Waals surface area contributed by atoms with Crippen molar-refractivity contribution in [3.8, 4) is 0 Å². The Morgan fingerprint density at radius 3 is 2.68 bits per heavy atom. The minimum absolute atomic E-state index is 0.0726. The highest BCUT2D eigenvalue weighted by Crippen LogP contribution is 2.27. The lowest BCUT2D eigenvalue weighted by Crippen LogP contribution is -2.44. The molecule has 1 atom stereocenters. The average Bonchev–Trinajstić information content (AvgIpc) is 3.46. The second-order valence-electron chi connectivity index (χ2n) is 6.68. The number of likely N-dealkylation sites (tertiary alicyclic amines) is 1. The van der Waals surface area contributed by atoms with Crippen LogP contribution in [0.4, 0.5) is 0 Å². The minimum Gasteiger partial charge on any atom is -0.355 e. The molecular weight excluding hydrogens is 392 g/mol. The summed E-state index contributed by atoms with van der Waals surface area (Å²) in [5.41, 5.74) is 2.47. The van der Waals surface area contributed by atoms with Crippen LogP contribution in [0.3, 0.4) is 0 Å². The first-order valence-electron chi connectivity index (χ1n) is 9.59.